The van der Waals surface area contributed by atoms with Crippen molar-refractivity contribution in [3.8, 4) is 0 Å². The van der Waals surface area contributed by atoms with E-state index in [1.807, 2.05) is 0 Å². The molecule has 0 spiro atoms. The van der Waals surface area contributed by atoms with Gasteiger partial charge in [0, 0.05) is 19.0 Å². The van der Waals surface area contributed by atoms with Crippen molar-refractivity contribution in [3.63, 3.8) is 0 Å². The summed E-state index contributed by atoms with van der Waals surface area (Å²) in [6, 6.07) is -0.402. The highest BCUT2D eigenvalue weighted by Gasteiger charge is 2.35. The van der Waals surface area contributed by atoms with Gasteiger partial charge in [-0.15, -0.1) is 0 Å². The average molecular weight is 270 g/mol. The third-order valence-corrected chi connectivity index (χ3v) is 3.23. The molecule has 2 rings (SSSR count). The van der Waals surface area contributed by atoms with Gasteiger partial charge in [0.1, 0.15) is 6.04 Å². The minimum absolute atomic E-state index is 0.0808. The van der Waals surface area contributed by atoms with Gasteiger partial charge in [-0.2, -0.15) is 0 Å². The molecular formula is C12H18N2O5. The summed E-state index contributed by atoms with van der Waals surface area (Å²) in [4.78, 5) is 35.9. The van der Waals surface area contributed by atoms with Crippen LogP contribution in [0.3, 0.4) is 0 Å². The Morgan fingerprint density at radius 2 is 2.00 bits per heavy atom. The number of nitrogens with one attached hydrogen (secondary N) is 1. The molecule has 19 heavy (non-hydrogen) atoms. The average Bonchev–Trinajstić information content (AvgIpc) is 3.19. The van der Waals surface area contributed by atoms with Gasteiger partial charge in [-0.3, -0.25) is 14.4 Å². The molecule has 0 aromatic carbocycles. The number of carbonyl (C=O) groups excluding carboxylic acids is 2. The van der Waals surface area contributed by atoms with Gasteiger partial charge in [0.05, 0.1) is 19.6 Å². The van der Waals surface area contributed by atoms with E-state index in [1.54, 1.807) is 0 Å². The molecule has 1 heterocycles. The first-order valence-corrected chi connectivity index (χ1v) is 6.47. The van der Waals surface area contributed by atoms with Gasteiger partial charge in [-0.1, -0.05) is 0 Å². The third kappa shape index (κ3) is 3.92. The summed E-state index contributed by atoms with van der Waals surface area (Å²) in [6.07, 6.45) is 1.66. The Kier molecular flexibility index (Phi) is 4.36. The molecule has 1 aliphatic heterocycles. The highest BCUT2D eigenvalue weighted by Crippen LogP contribution is 2.20. The van der Waals surface area contributed by atoms with E-state index in [-0.39, 0.29) is 37.3 Å². The summed E-state index contributed by atoms with van der Waals surface area (Å²) in [5, 5.41) is 11.4. The largest absolute Gasteiger partial charge is 0.481 e. The second-order valence-corrected chi connectivity index (χ2v) is 4.85. The van der Waals surface area contributed by atoms with Crippen LogP contribution in [0.4, 0.5) is 0 Å². The molecule has 7 heteroatoms. The Hall–Kier alpha value is -1.63. The normalized spacial score (nSPS) is 22.9. The molecule has 2 amide bonds. The van der Waals surface area contributed by atoms with E-state index in [4.69, 9.17) is 9.84 Å². The van der Waals surface area contributed by atoms with Crippen molar-refractivity contribution in [1.82, 2.24) is 10.2 Å². The first-order valence-electron chi connectivity index (χ1n) is 6.47. The summed E-state index contributed by atoms with van der Waals surface area (Å²) in [5.41, 5.74) is 0. The Morgan fingerprint density at radius 3 is 2.63 bits per heavy atom. The second-order valence-electron chi connectivity index (χ2n) is 4.85. The van der Waals surface area contributed by atoms with Crippen LogP contribution in [0.2, 0.25) is 0 Å². The fourth-order valence-corrected chi connectivity index (χ4v) is 2.00. The molecule has 1 atom stereocenters. The van der Waals surface area contributed by atoms with E-state index in [9.17, 15) is 14.4 Å². The summed E-state index contributed by atoms with van der Waals surface area (Å²) in [7, 11) is 0. The zero-order valence-corrected chi connectivity index (χ0v) is 10.6. The van der Waals surface area contributed by atoms with Crippen molar-refractivity contribution in [2.45, 2.75) is 37.8 Å². The summed E-state index contributed by atoms with van der Waals surface area (Å²) in [6.45, 7) is 0.893. The van der Waals surface area contributed by atoms with Crippen LogP contribution in [-0.2, 0) is 19.1 Å². The SMILES string of the molecule is O=C(O)CCC(=O)N1CCOCC1C(=O)NC1CC1. The summed E-state index contributed by atoms with van der Waals surface area (Å²) >= 11 is 0. The zero-order chi connectivity index (χ0) is 13.8. The highest BCUT2D eigenvalue weighted by atomic mass is 16.5. The van der Waals surface area contributed by atoms with Crippen molar-refractivity contribution in [2.24, 2.45) is 0 Å². The lowest BCUT2D eigenvalue weighted by Gasteiger charge is -2.34. The first kappa shape index (κ1) is 13.8. The number of morpholine rings is 1. The molecule has 2 aliphatic rings. The number of rotatable bonds is 5. The van der Waals surface area contributed by atoms with Gasteiger partial charge in [-0.25, -0.2) is 0 Å². The molecule has 2 fully saturated rings. The van der Waals surface area contributed by atoms with Gasteiger partial charge in [0.25, 0.3) is 0 Å². The molecule has 0 radical (unpaired) electrons. The standard InChI is InChI=1S/C12H18N2O5/c15-10(3-4-11(16)17)14-5-6-19-7-9(14)12(18)13-8-1-2-8/h8-9H,1-7H2,(H,13,18)(H,16,17). The van der Waals surface area contributed by atoms with Crippen LogP contribution in [0.15, 0.2) is 0 Å². The van der Waals surface area contributed by atoms with E-state index >= 15 is 0 Å². The Balaban J connectivity index is 1.91. The number of ether oxygens (including phenoxy) is 1. The van der Waals surface area contributed by atoms with Gasteiger partial charge < -0.3 is 20.1 Å². The van der Waals surface area contributed by atoms with Gasteiger partial charge in [0.2, 0.25) is 11.8 Å². The van der Waals surface area contributed by atoms with E-state index in [2.05, 4.69) is 5.32 Å². The number of nitrogens with zero attached hydrogens (tertiary/aromatic N) is 1. The predicted molar refractivity (Wildman–Crippen MR) is 64.4 cm³/mol. The van der Waals surface area contributed by atoms with Crippen molar-refractivity contribution >= 4 is 17.8 Å². The maximum absolute atomic E-state index is 12.0. The Labute approximate surface area is 110 Å². The molecule has 2 N–H and O–H groups in total. The van der Waals surface area contributed by atoms with Crippen LogP contribution in [0, 0.1) is 0 Å². The molecule has 1 saturated heterocycles. The van der Waals surface area contributed by atoms with E-state index < -0.39 is 12.0 Å². The smallest absolute Gasteiger partial charge is 0.303 e. The van der Waals surface area contributed by atoms with Gasteiger partial charge in [-0.05, 0) is 12.8 Å². The molecule has 1 saturated carbocycles. The first-order chi connectivity index (χ1) is 9.08. The Bertz CT molecular complexity index is 380. The molecule has 0 bridgehead atoms. The summed E-state index contributed by atoms with van der Waals surface area (Å²) < 4.78 is 5.24. The van der Waals surface area contributed by atoms with Crippen LogP contribution >= 0.6 is 0 Å². The minimum Gasteiger partial charge on any atom is -0.481 e. The molecule has 1 aliphatic carbocycles. The quantitative estimate of drug-likeness (QED) is 0.692. The van der Waals surface area contributed by atoms with E-state index in [0.717, 1.165) is 12.8 Å². The van der Waals surface area contributed by atoms with Crippen LogP contribution < -0.4 is 5.32 Å². The predicted octanol–water partition coefficient (Wildman–Crippen LogP) is -0.643. The highest BCUT2D eigenvalue weighted by molar-refractivity contribution is 5.89. The lowest BCUT2D eigenvalue weighted by Crippen LogP contribution is -2.56. The second kappa shape index (κ2) is 6.01. The van der Waals surface area contributed by atoms with Crippen molar-refractivity contribution in [3.05, 3.63) is 0 Å². The lowest BCUT2D eigenvalue weighted by atomic mass is 10.1. The topological polar surface area (TPSA) is 95.9 Å². The third-order valence-electron chi connectivity index (χ3n) is 3.23. The number of carbonyl (C=O) groups is 3. The van der Waals surface area contributed by atoms with Crippen molar-refractivity contribution in [2.75, 3.05) is 19.8 Å². The number of hydrogen-bond acceptors (Lipinski definition) is 4. The van der Waals surface area contributed by atoms with Crippen LogP contribution in [0.5, 0.6) is 0 Å². The van der Waals surface area contributed by atoms with Crippen LogP contribution in [0.1, 0.15) is 25.7 Å². The molecule has 1 unspecified atom stereocenters. The van der Waals surface area contributed by atoms with E-state index in [0.29, 0.717) is 13.2 Å². The van der Waals surface area contributed by atoms with Crippen LogP contribution in [0.25, 0.3) is 0 Å². The van der Waals surface area contributed by atoms with E-state index in [1.165, 1.54) is 4.90 Å². The van der Waals surface area contributed by atoms with Crippen molar-refractivity contribution in [1.29, 1.82) is 0 Å². The number of aliphatic carboxylic acids is 1. The van der Waals surface area contributed by atoms with Crippen molar-refractivity contribution < 1.29 is 24.2 Å². The van der Waals surface area contributed by atoms with Gasteiger partial charge >= 0.3 is 5.97 Å². The maximum atomic E-state index is 12.0. The zero-order valence-electron chi connectivity index (χ0n) is 10.6. The summed E-state index contributed by atoms with van der Waals surface area (Å²) in [5.74, 6) is -1.52. The fraction of sp³-hybridized carbons (Fsp3) is 0.750. The molecule has 106 valence electrons. The lowest BCUT2D eigenvalue weighted by molar-refractivity contribution is -0.150. The fourth-order valence-electron chi connectivity index (χ4n) is 2.00. The number of carboxylic acid groups (broad SMARTS) is 1. The number of carboxylic acids is 1. The monoisotopic (exact) mass is 270 g/mol. The molecule has 0 aromatic heterocycles. The Morgan fingerprint density at radius 1 is 1.26 bits per heavy atom. The molecule has 7 nitrogen and oxygen atoms in total. The maximum Gasteiger partial charge on any atom is 0.303 e. The number of hydrogen-bond donors (Lipinski definition) is 2. The van der Waals surface area contributed by atoms with Crippen LogP contribution in [-0.4, -0.2) is 59.6 Å². The minimum atomic E-state index is -1.01. The number of amides is 2. The molecule has 0 aromatic rings. The van der Waals surface area contributed by atoms with Gasteiger partial charge in [0.15, 0.2) is 0 Å². The molecular weight excluding hydrogens is 252 g/mol.